The molecule has 0 aliphatic carbocycles. The molecule has 0 amide bonds. The maximum absolute atomic E-state index is 6.10. The fourth-order valence-electron chi connectivity index (χ4n) is 3.27. The highest BCUT2D eigenvalue weighted by Crippen LogP contribution is 2.49. The molecule has 4 rings (SSSR count). The molecule has 4 heterocycles. The summed E-state index contributed by atoms with van der Waals surface area (Å²) in [6.07, 6.45) is 5.24. The molecule has 0 saturated carbocycles. The van der Waals surface area contributed by atoms with Gasteiger partial charge in [-0.15, -0.1) is 0 Å². The van der Waals surface area contributed by atoms with Crippen molar-refractivity contribution in [3.05, 3.63) is 29.2 Å². The van der Waals surface area contributed by atoms with Crippen molar-refractivity contribution < 1.29 is 0 Å². The van der Waals surface area contributed by atoms with E-state index in [0.29, 0.717) is 15.8 Å². The molecule has 21 heavy (non-hydrogen) atoms. The predicted octanol–water partition coefficient (Wildman–Crippen LogP) is 4.10. The van der Waals surface area contributed by atoms with Crippen LogP contribution >= 0.6 is 23.4 Å². The molecule has 0 atom stereocenters. The summed E-state index contributed by atoms with van der Waals surface area (Å²) in [4.78, 5) is 11.4. The lowest BCUT2D eigenvalue weighted by Gasteiger charge is -2.55. The van der Waals surface area contributed by atoms with E-state index in [-0.39, 0.29) is 0 Å². The molecule has 2 saturated heterocycles. The average Bonchev–Trinajstić information content (AvgIpc) is 2.34. The summed E-state index contributed by atoms with van der Waals surface area (Å²) in [6.45, 7) is 6.61. The van der Waals surface area contributed by atoms with Crippen LogP contribution in [0.4, 0.5) is 5.82 Å². The highest BCUT2D eigenvalue weighted by molar-refractivity contribution is 8.02. The molecule has 2 aliphatic rings. The molecule has 0 bridgehead atoms. The number of aromatic nitrogens is 2. The molecule has 3 nitrogen and oxygen atoms in total. The first kappa shape index (κ1) is 13.6. The lowest BCUT2D eigenvalue weighted by molar-refractivity contribution is 0.422. The van der Waals surface area contributed by atoms with Gasteiger partial charge < -0.3 is 4.90 Å². The smallest absolute Gasteiger partial charge is 0.138 e. The largest absolute Gasteiger partial charge is 0.353 e. The van der Waals surface area contributed by atoms with Crippen LogP contribution in [0.1, 0.15) is 31.7 Å². The number of hydrogen-bond acceptors (Lipinski definition) is 4. The Bertz CT molecular complexity index is 704. The van der Waals surface area contributed by atoms with E-state index in [2.05, 4.69) is 35.5 Å². The Balaban J connectivity index is 1.78. The Kier molecular flexibility index (Phi) is 3.09. The van der Waals surface area contributed by atoms with Gasteiger partial charge in [-0.25, -0.2) is 9.97 Å². The lowest BCUT2D eigenvalue weighted by atomic mass is 9.93. The van der Waals surface area contributed by atoms with E-state index < -0.39 is 0 Å². The van der Waals surface area contributed by atoms with Crippen molar-refractivity contribution in [3.8, 4) is 0 Å². The molecular formula is C16H18ClN3S. The number of nitrogens with zero attached hydrogens (tertiary/aromatic N) is 3. The number of hydrogen-bond donors (Lipinski definition) is 0. The summed E-state index contributed by atoms with van der Waals surface area (Å²) < 4.78 is 0.518. The number of halogens is 1. The second-order valence-electron chi connectivity index (χ2n) is 6.38. The topological polar surface area (TPSA) is 29.0 Å². The molecule has 2 aliphatic heterocycles. The quantitative estimate of drug-likeness (QED) is 0.779. The molecule has 2 aromatic heterocycles. The van der Waals surface area contributed by atoms with Crippen LogP contribution in [0.15, 0.2) is 18.5 Å². The predicted molar refractivity (Wildman–Crippen MR) is 90.7 cm³/mol. The molecule has 2 aromatic rings. The number of thioether (sulfide) groups is 1. The zero-order valence-electron chi connectivity index (χ0n) is 12.3. The summed E-state index contributed by atoms with van der Waals surface area (Å²) in [5, 5.41) is 2.87. The number of fused-ring (bicyclic) bond motifs is 1. The van der Waals surface area contributed by atoms with Crippen molar-refractivity contribution in [2.24, 2.45) is 0 Å². The van der Waals surface area contributed by atoms with Crippen LogP contribution in [0.5, 0.6) is 0 Å². The molecule has 1 spiro atoms. The zero-order valence-corrected chi connectivity index (χ0v) is 13.8. The van der Waals surface area contributed by atoms with Crippen molar-refractivity contribution in [2.45, 2.75) is 30.9 Å². The van der Waals surface area contributed by atoms with Crippen LogP contribution in [0.2, 0.25) is 5.15 Å². The van der Waals surface area contributed by atoms with Gasteiger partial charge in [0, 0.05) is 30.9 Å². The third kappa shape index (κ3) is 2.11. The first-order valence-electron chi connectivity index (χ1n) is 7.41. The van der Waals surface area contributed by atoms with Crippen molar-refractivity contribution in [3.63, 3.8) is 0 Å². The Morgan fingerprint density at radius 1 is 1.24 bits per heavy atom. The third-order valence-electron chi connectivity index (χ3n) is 4.59. The Morgan fingerprint density at radius 3 is 2.62 bits per heavy atom. The summed E-state index contributed by atoms with van der Waals surface area (Å²) in [5.74, 6) is 2.81. The minimum Gasteiger partial charge on any atom is -0.353 e. The highest BCUT2D eigenvalue weighted by Gasteiger charge is 2.49. The van der Waals surface area contributed by atoms with Gasteiger partial charge >= 0.3 is 0 Å². The Hall–Kier alpha value is -1.00. The molecular weight excluding hydrogens is 302 g/mol. The maximum Gasteiger partial charge on any atom is 0.138 e. The minimum absolute atomic E-state index is 0.428. The van der Waals surface area contributed by atoms with Crippen LogP contribution in [-0.2, 0) is 0 Å². The lowest BCUT2D eigenvalue weighted by Crippen LogP contribution is -2.64. The van der Waals surface area contributed by atoms with Gasteiger partial charge in [0.2, 0.25) is 0 Å². The maximum atomic E-state index is 6.10. The van der Waals surface area contributed by atoms with Crippen LogP contribution < -0.4 is 4.90 Å². The molecule has 0 N–H and O–H groups in total. The molecule has 2 fully saturated rings. The summed E-state index contributed by atoms with van der Waals surface area (Å²) in [5.41, 5.74) is 1.24. The van der Waals surface area contributed by atoms with Gasteiger partial charge in [0.15, 0.2) is 0 Å². The summed E-state index contributed by atoms with van der Waals surface area (Å²) >= 11 is 8.21. The zero-order chi connectivity index (χ0) is 14.6. The Morgan fingerprint density at radius 2 is 2.00 bits per heavy atom. The van der Waals surface area contributed by atoms with Gasteiger partial charge in [0.1, 0.15) is 11.0 Å². The first-order valence-corrected chi connectivity index (χ1v) is 8.77. The van der Waals surface area contributed by atoms with Gasteiger partial charge in [0.05, 0.1) is 4.75 Å². The molecule has 0 aromatic carbocycles. The van der Waals surface area contributed by atoms with E-state index in [1.165, 1.54) is 23.1 Å². The van der Waals surface area contributed by atoms with Crippen molar-refractivity contribution in [1.82, 2.24) is 9.97 Å². The normalized spacial score (nSPS) is 19.9. The van der Waals surface area contributed by atoms with E-state index in [9.17, 15) is 0 Å². The van der Waals surface area contributed by atoms with E-state index >= 15 is 0 Å². The van der Waals surface area contributed by atoms with E-state index in [4.69, 9.17) is 16.6 Å². The third-order valence-corrected chi connectivity index (χ3v) is 6.28. The van der Waals surface area contributed by atoms with Gasteiger partial charge in [-0.05, 0) is 35.1 Å². The molecule has 110 valence electrons. The van der Waals surface area contributed by atoms with Crippen molar-refractivity contribution >= 4 is 40.0 Å². The molecule has 0 radical (unpaired) electrons. The van der Waals surface area contributed by atoms with Crippen LogP contribution in [-0.4, -0.2) is 33.6 Å². The fraction of sp³-hybridized carbons (Fsp3) is 0.500. The monoisotopic (exact) mass is 319 g/mol. The SMILES string of the molecule is CC(C)c1cnc(N2CC3(CCS3)C2)c2cnc(Cl)cc12. The fourth-order valence-corrected chi connectivity index (χ4v) is 4.70. The van der Waals surface area contributed by atoms with Gasteiger partial charge in [-0.2, -0.15) is 11.8 Å². The van der Waals surface area contributed by atoms with Gasteiger partial charge in [0.25, 0.3) is 0 Å². The van der Waals surface area contributed by atoms with E-state index in [0.717, 1.165) is 24.3 Å². The summed E-state index contributed by atoms with van der Waals surface area (Å²) in [6, 6.07) is 1.98. The van der Waals surface area contributed by atoms with Crippen molar-refractivity contribution in [1.29, 1.82) is 0 Å². The van der Waals surface area contributed by atoms with E-state index in [1.807, 2.05) is 18.5 Å². The van der Waals surface area contributed by atoms with Crippen LogP contribution in [0.25, 0.3) is 10.8 Å². The molecule has 0 unspecified atom stereocenters. The average molecular weight is 320 g/mol. The second kappa shape index (κ2) is 4.75. The number of anilines is 1. The first-order chi connectivity index (χ1) is 10.1. The second-order valence-corrected chi connectivity index (χ2v) is 8.33. The van der Waals surface area contributed by atoms with Crippen LogP contribution in [0.3, 0.4) is 0 Å². The Labute approximate surface area is 134 Å². The van der Waals surface area contributed by atoms with Crippen molar-refractivity contribution in [2.75, 3.05) is 23.7 Å². The van der Waals surface area contributed by atoms with Gasteiger partial charge in [-0.3, -0.25) is 0 Å². The molecule has 5 heteroatoms. The number of pyridine rings is 2. The minimum atomic E-state index is 0.428. The van der Waals surface area contributed by atoms with Gasteiger partial charge in [-0.1, -0.05) is 25.4 Å². The van der Waals surface area contributed by atoms with E-state index in [1.54, 1.807) is 0 Å². The standard InChI is InChI=1S/C16H18ClN3S/c1-10(2)12-6-19-15(13-7-18-14(17)5-11(12)13)20-8-16(9-20)3-4-21-16/h5-7,10H,3-4,8-9H2,1-2H3. The number of rotatable bonds is 2. The summed E-state index contributed by atoms with van der Waals surface area (Å²) in [7, 11) is 0. The van der Waals surface area contributed by atoms with Crippen LogP contribution in [0, 0.1) is 0 Å². The highest BCUT2D eigenvalue weighted by atomic mass is 35.5.